The first kappa shape index (κ1) is 10.1. The van der Waals surface area contributed by atoms with Crippen molar-refractivity contribution >= 4 is 5.71 Å². The van der Waals surface area contributed by atoms with E-state index in [0.717, 1.165) is 12.0 Å². The van der Waals surface area contributed by atoms with Gasteiger partial charge in [-0.05, 0) is 47.2 Å². The van der Waals surface area contributed by atoms with Crippen LogP contribution in [0.2, 0.25) is 0 Å². The Morgan fingerprint density at radius 1 is 1.06 bits per heavy atom. The molecule has 2 aromatic rings. The van der Waals surface area contributed by atoms with Crippen molar-refractivity contribution in [1.82, 2.24) is 0 Å². The van der Waals surface area contributed by atoms with Gasteiger partial charge in [-0.3, -0.25) is 0 Å². The summed E-state index contributed by atoms with van der Waals surface area (Å²) in [6, 6.07) is 14.7. The molecule has 0 aromatic heterocycles. The molecule has 2 aromatic carbocycles. The molecule has 0 saturated heterocycles. The summed E-state index contributed by atoms with van der Waals surface area (Å²) < 4.78 is 0. The highest BCUT2D eigenvalue weighted by molar-refractivity contribution is 5.99. The number of oxime groups is 1. The average Bonchev–Trinajstić information content (AvgIpc) is 2.75. The van der Waals surface area contributed by atoms with E-state index < -0.39 is 0 Å². The van der Waals surface area contributed by atoms with Gasteiger partial charge in [-0.25, -0.2) is 0 Å². The third-order valence-electron chi connectivity index (χ3n) is 3.36. The molecule has 0 bridgehead atoms. The second-order valence-electron chi connectivity index (χ2n) is 4.39. The van der Waals surface area contributed by atoms with Crippen LogP contribution in [0, 0.1) is 0 Å². The van der Waals surface area contributed by atoms with Crippen molar-refractivity contribution in [2.75, 3.05) is 0 Å². The van der Waals surface area contributed by atoms with Crippen molar-refractivity contribution in [2.45, 2.75) is 13.3 Å². The van der Waals surface area contributed by atoms with E-state index in [2.05, 4.69) is 41.6 Å². The highest BCUT2D eigenvalue weighted by Gasteiger charge is 2.18. The predicted octanol–water partition coefficient (Wildman–Crippen LogP) is 3.46. The highest BCUT2D eigenvalue weighted by Crippen LogP contribution is 2.36. The van der Waals surface area contributed by atoms with E-state index in [9.17, 15) is 0 Å². The van der Waals surface area contributed by atoms with Gasteiger partial charge in [0.05, 0.1) is 5.71 Å². The molecule has 0 unspecified atom stereocenters. The van der Waals surface area contributed by atoms with Gasteiger partial charge < -0.3 is 5.21 Å². The number of hydrogen-bond donors (Lipinski definition) is 1. The summed E-state index contributed by atoms with van der Waals surface area (Å²) in [7, 11) is 0. The number of hydrogen-bond acceptors (Lipinski definition) is 2. The molecule has 2 nitrogen and oxygen atoms in total. The molecule has 0 spiro atoms. The Hall–Kier alpha value is -2.09. The van der Waals surface area contributed by atoms with E-state index in [4.69, 9.17) is 5.21 Å². The van der Waals surface area contributed by atoms with Gasteiger partial charge in [0.25, 0.3) is 0 Å². The van der Waals surface area contributed by atoms with Crippen molar-refractivity contribution < 1.29 is 5.21 Å². The summed E-state index contributed by atoms with van der Waals surface area (Å²) in [4.78, 5) is 0. The Bertz CT molecular complexity index is 614. The van der Waals surface area contributed by atoms with E-state index in [0.29, 0.717) is 5.71 Å². The van der Waals surface area contributed by atoms with Crippen molar-refractivity contribution in [3.8, 4) is 11.1 Å². The molecular formula is C15H13NO. The van der Waals surface area contributed by atoms with Crippen LogP contribution in [0.5, 0.6) is 0 Å². The van der Waals surface area contributed by atoms with Crippen molar-refractivity contribution in [1.29, 1.82) is 0 Å². The summed E-state index contributed by atoms with van der Waals surface area (Å²) >= 11 is 0. The molecule has 1 N–H and O–H groups in total. The predicted molar refractivity (Wildman–Crippen MR) is 68.7 cm³/mol. The number of fused-ring (bicyclic) bond motifs is 3. The monoisotopic (exact) mass is 223 g/mol. The van der Waals surface area contributed by atoms with E-state index in [1.165, 1.54) is 22.3 Å². The standard InChI is InChI=1S/C15H13NO/c1-10(16-17)11-6-7-15-13(8-11)9-12-4-2-3-5-14(12)15/h2-8,17H,9H2,1H3/b16-10-. The number of rotatable bonds is 1. The Morgan fingerprint density at radius 3 is 2.65 bits per heavy atom. The van der Waals surface area contributed by atoms with Crippen LogP contribution in [-0.4, -0.2) is 10.9 Å². The summed E-state index contributed by atoms with van der Waals surface area (Å²) in [6.07, 6.45) is 0.970. The molecule has 1 aliphatic carbocycles. The fourth-order valence-electron chi connectivity index (χ4n) is 2.43. The SMILES string of the molecule is C/C(=N/O)c1ccc2c(c1)Cc1ccccc1-2. The zero-order valence-electron chi connectivity index (χ0n) is 9.64. The lowest BCUT2D eigenvalue weighted by atomic mass is 10.0. The molecule has 0 fully saturated rings. The van der Waals surface area contributed by atoms with Crippen LogP contribution in [-0.2, 0) is 6.42 Å². The van der Waals surface area contributed by atoms with Gasteiger partial charge in [0, 0.05) is 0 Å². The second-order valence-corrected chi connectivity index (χ2v) is 4.39. The molecule has 0 atom stereocenters. The number of nitrogens with zero attached hydrogens (tertiary/aromatic N) is 1. The molecule has 0 amide bonds. The second kappa shape index (κ2) is 3.74. The van der Waals surface area contributed by atoms with Crippen molar-refractivity contribution in [2.24, 2.45) is 5.16 Å². The highest BCUT2D eigenvalue weighted by atomic mass is 16.4. The molecule has 1 aliphatic rings. The zero-order valence-corrected chi connectivity index (χ0v) is 9.64. The maximum Gasteiger partial charge on any atom is 0.0837 e. The van der Waals surface area contributed by atoms with E-state index in [-0.39, 0.29) is 0 Å². The first-order valence-corrected chi connectivity index (χ1v) is 5.70. The molecule has 2 heteroatoms. The minimum atomic E-state index is 0.656. The van der Waals surface area contributed by atoms with Crippen LogP contribution in [0.25, 0.3) is 11.1 Å². The third-order valence-corrected chi connectivity index (χ3v) is 3.36. The molecule has 0 radical (unpaired) electrons. The third kappa shape index (κ3) is 1.53. The minimum absolute atomic E-state index is 0.656. The molecule has 3 rings (SSSR count). The Morgan fingerprint density at radius 2 is 1.82 bits per heavy atom. The molecular weight excluding hydrogens is 210 g/mol. The maximum absolute atomic E-state index is 8.80. The first-order chi connectivity index (χ1) is 8.29. The smallest absolute Gasteiger partial charge is 0.0837 e. The van der Waals surface area contributed by atoms with Gasteiger partial charge in [-0.15, -0.1) is 0 Å². The van der Waals surface area contributed by atoms with Crippen molar-refractivity contribution in [3.05, 3.63) is 59.2 Å². The lowest BCUT2D eigenvalue weighted by Crippen LogP contribution is -1.95. The summed E-state index contributed by atoms with van der Waals surface area (Å²) in [5, 5.41) is 12.0. The molecule has 0 heterocycles. The van der Waals surface area contributed by atoms with Crippen LogP contribution in [0.4, 0.5) is 0 Å². The maximum atomic E-state index is 8.80. The Kier molecular flexibility index (Phi) is 2.22. The first-order valence-electron chi connectivity index (χ1n) is 5.70. The fraction of sp³-hybridized carbons (Fsp3) is 0.133. The zero-order chi connectivity index (χ0) is 11.8. The lowest BCUT2D eigenvalue weighted by Gasteiger charge is -2.03. The lowest BCUT2D eigenvalue weighted by molar-refractivity contribution is 0.319. The van der Waals surface area contributed by atoms with Crippen molar-refractivity contribution in [3.63, 3.8) is 0 Å². The largest absolute Gasteiger partial charge is 0.411 e. The summed E-state index contributed by atoms with van der Waals surface area (Å²) in [5.74, 6) is 0. The summed E-state index contributed by atoms with van der Waals surface area (Å²) in [6.45, 7) is 1.81. The van der Waals surface area contributed by atoms with Crippen LogP contribution in [0.1, 0.15) is 23.6 Å². The topological polar surface area (TPSA) is 32.6 Å². The van der Waals surface area contributed by atoms with Crippen LogP contribution in [0.3, 0.4) is 0 Å². The molecule has 84 valence electrons. The van der Waals surface area contributed by atoms with Gasteiger partial charge >= 0.3 is 0 Å². The van der Waals surface area contributed by atoms with Gasteiger partial charge in [0.1, 0.15) is 0 Å². The van der Waals surface area contributed by atoms with Crippen LogP contribution in [0.15, 0.2) is 47.6 Å². The van der Waals surface area contributed by atoms with Gasteiger partial charge in [0.15, 0.2) is 0 Å². The Balaban J connectivity index is 2.13. The van der Waals surface area contributed by atoms with E-state index in [1.807, 2.05) is 13.0 Å². The molecule has 17 heavy (non-hydrogen) atoms. The van der Waals surface area contributed by atoms with Crippen LogP contribution >= 0.6 is 0 Å². The molecule has 0 saturated carbocycles. The van der Waals surface area contributed by atoms with Gasteiger partial charge in [0.2, 0.25) is 0 Å². The van der Waals surface area contributed by atoms with Gasteiger partial charge in [-0.1, -0.05) is 41.6 Å². The number of benzene rings is 2. The van der Waals surface area contributed by atoms with Gasteiger partial charge in [-0.2, -0.15) is 0 Å². The van der Waals surface area contributed by atoms with Crippen LogP contribution < -0.4 is 0 Å². The normalized spacial score (nSPS) is 13.4. The minimum Gasteiger partial charge on any atom is -0.411 e. The van der Waals surface area contributed by atoms with E-state index in [1.54, 1.807) is 0 Å². The molecule has 0 aliphatic heterocycles. The van der Waals surface area contributed by atoms with E-state index >= 15 is 0 Å². The quantitative estimate of drug-likeness (QED) is 0.382. The Labute approximate surface area is 100 Å². The average molecular weight is 223 g/mol. The fourth-order valence-corrected chi connectivity index (χ4v) is 2.43. The summed E-state index contributed by atoms with van der Waals surface area (Å²) in [5.41, 5.74) is 6.95.